The number of unbranched alkanes of at least 4 members (excludes halogenated alkanes) is 1. The topological polar surface area (TPSA) is 52.6 Å². The first-order valence-corrected chi connectivity index (χ1v) is 6.32. The molecule has 94 valence electrons. The quantitative estimate of drug-likeness (QED) is 0.745. The number of carboxylic acids is 1. The molecule has 1 aliphatic rings. The van der Waals surface area contributed by atoms with E-state index >= 15 is 0 Å². The van der Waals surface area contributed by atoms with Crippen molar-refractivity contribution >= 4 is 5.97 Å². The van der Waals surface area contributed by atoms with E-state index in [2.05, 4.69) is 24.1 Å². The number of nitrogens with zero attached hydrogens (tertiary/aromatic N) is 1. The Bertz CT molecular complexity index is 221. The molecule has 0 bridgehead atoms. The molecule has 1 rings (SSSR count). The normalized spacial score (nSPS) is 27.6. The number of hydrogen-bond donors (Lipinski definition) is 2. The zero-order valence-corrected chi connectivity index (χ0v) is 10.4. The van der Waals surface area contributed by atoms with E-state index in [0.717, 1.165) is 26.1 Å². The maximum atomic E-state index is 10.7. The van der Waals surface area contributed by atoms with Gasteiger partial charge in [-0.15, -0.1) is 0 Å². The monoisotopic (exact) mass is 228 g/mol. The number of nitrogens with one attached hydrogen (secondary N) is 1. The lowest BCUT2D eigenvalue weighted by Crippen LogP contribution is -2.41. The summed E-state index contributed by atoms with van der Waals surface area (Å²) < 4.78 is 0. The van der Waals surface area contributed by atoms with Gasteiger partial charge in [0.25, 0.3) is 0 Å². The summed E-state index contributed by atoms with van der Waals surface area (Å²) in [5.41, 5.74) is 0. The van der Waals surface area contributed by atoms with Crippen LogP contribution in [0.5, 0.6) is 0 Å². The van der Waals surface area contributed by atoms with Crippen LogP contribution in [0.2, 0.25) is 0 Å². The largest absolute Gasteiger partial charge is 0.481 e. The molecule has 2 unspecified atom stereocenters. The van der Waals surface area contributed by atoms with Gasteiger partial charge in [-0.3, -0.25) is 9.69 Å². The Morgan fingerprint density at radius 3 is 2.94 bits per heavy atom. The molecule has 2 N–H and O–H groups in total. The molecule has 1 fully saturated rings. The lowest BCUT2D eigenvalue weighted by atomic mass is 10.1. The molecule has 0 aromatic heterocycles. The second kappa shape index (κ2) is 6.86. The van der Waals surface area contributed by atoms with E-state index in [1.807, 2.05) is 0 Å². The van der Waals surface area contributed by atoms with Crippen LogP contribution in [0.3, 0.4) is 0 Å². The predicted molar refractivity (Wildman–Crippen MR) is 64.6 cm³/mol. The van der Waals surface area contributed by atoms with Crippen molar-refractivity contribution in [1.29, 1.82) is 0 Å². The molecule has 0 spiro atoms. The standard InChI is InChI=1S/C12H24N2O2/c1-3-4-7-14-9-11(8-12(15)16)13-6-5-10(14)2/h10-11,13H,3-9H2,1-2H3,(H,15,16). The Labute approximate surface area is 98.0 Å². The number of rotatable bonds is 5. The van der Waals surface area contributed by atoms with Gasteiger partial charge in [0.15, 0.2) is 0 Å². The van der Waals surface area contributed by atoms with Crippen molar-refractivity contribution < 1.29 is 9.90 Å². The molecule has 1 heterocycles. The smallest absolute Gasteiger partial charge is 0.304 e. The second-order valence-corrected chi connectivity index (χ2v) is 4.74. The summed E-state index contributed by atoms with van der Waals surface area (Å²) in [5.74, 6) is -0.706. The number of carboxylic acid groups (broad SMARTS) is 1. The molecular weight excluding hydrogens is 204 g/mol. The highest BCUT2D eigenvalue weighted by Crippen LogP contribution is 2.11. The van der Waals surface area contributed by atoms with E-state index in [0.29, 0.717) is 6.04 Å². The average Bonchev–Trinajstić information content (AvgIpc) is 2.37. The summed E-state index contributed by atoms with van der Waals surface area (Å²) in [6.45, 7) is 7.32. The van der Waals surface area contributed by atoms with Crippen LogP contribution in [0.4, 0.5) is 0 Å². The van der Waals surface area contributed by atoms with Crippen molar-refractivity contribution in [1.82, 2.24) is 10.2 Å². The van der Waals surface area contributed by atoms with Gasteiger partial charge in [0, 0.05) is 18.6 Å². The molecule has 0 aliphatic carbocycles. The SMILES string of the molecule is CCCCN1CC(CC(=O)O)NCCC1C. The van der Waals surface area contributed by atoms with Crippen LogP contribution in [0.25, 0.3) is 0 Å². The molecule has 4 nitrogen and oxygen atoms in total. The van der Waals surface area contributed by atoms with E-state index < -0.39 is 5.97 Å². The van der Waals surface area contributed by atoms with E-state index in [1.54, 1.807) is 0 Å². The lowest BCUT2D eigenvalue weighted by Gasteiger charge is -2.28. The Morgan fingerprint density at radius 1 is 1.56 bits per heavy atom. The van der Waals surface area contributed by atoms with E-state index in [9.17, 15) is 4.79 Å². The third-order valence-electron chi connectivity index (χ3n) is 3.29. The van der Waals surface area contributed by atoms with Crippen molar-refractivity contribution in [2.45, 2.75) is 51.6 Å². The fraction of sp³-hybridized carbons (Fsp3) is 0.917. The highest BCUT2D eigenvalue weighted by molar-refractivity contribution is 5.67. The molecule has 0 aromatic carbocycles. The molecule has 0 amide bonds. The van der Waals surface area contributed by atoms with E-state index in [1.165, 1.54) is 12.8 Å². The summed E-state index contributed by atoms with van der Waals surface area (Å²) in [4.78, 5) is 13.2. The first-order valence-electron chi connectivity index (χ1n) is 6.32. The summed E-state index contributed by atoms with van der Waals surface area (Å²) in [6, 6.07) is 0.678. The Kier molecular flexibility index (Phi) is 5.77. The highest BCUT2D eigenvalue weighted by Gasteiger charge is 2.23. The number of carbonyl (C=O) groups is 1. The third-order valence-corrected chi connectivity index (χ3v) is 3.29. The van der Waals surface area contributed by atoms with Gasteiger partial charge in [0.1, 0.15) is 0 Å². The highest BCUT2D eigenvalue weighted by atomic mass is 16.4. The maximum Gasteiger partial charge on any atom is 0.304 e. The molecule has 1 saturated heterocycles. The first-order chi connectivity index (χ1) is 7.63. The lowest BCUT2D eigenvalue weighted by molar-refractivity contribution is -0.137. The first kappa shape index (κ1) is 13.5. The van der Waals surface area contributed by atoms with Crippen molar-refractivity contribution in [2.75, 3.05) is 19.6 Å². The minimum Gasteiger partial charge on any atom is -0.481 e. The zero-order valence-electron chi connectivity index (χ0n) is 10.4. The van der Waals surface area contributed by atoms with Gasteiger partial charge in [-0.25, -0.2) is 0 Å². The van der Waals surface area contributed by atoms with Crippen LogP contribution < -0.4 is 5.32 Å². The van der Waals surface area contributed by atoms with Gasteiger partial charge >= 0.3 is 5.97 Å². The average molecular weight is 228 g/mol. The van der Waals surface area contributed by atoms with Crippen LogP contribution in [0.15, 0.2) is 0 Å². The third kappa shape index (κ3) is 4.49. The number of hydrogen-bond acceptors (Lipinski definition) is 3. The van der Waals surface area contributed by atoms with Crippen molar-refractivity contribution in [3.8, 4) is 0 Å². The van der Waals surface area contributed by atoms with Gasteiger partial charge in [0.2, 0.25) is 0 Å². The minimum absolute atomic E-state index is 0.110. The maximum absolute atomic E-state index is 10.7. The molecular formula is C12H24N2O2. The fourth-order valence-electron chi connectivity index (χ4n) is 2.23. The van der Waals surface area contributed by atoms with Gasteiger partial charge in [-0.05, 0) is 32.9 Å². The molecule has 16 heavy (non-hydrogen) atoms. The zero-order chi connectivity index (χ0) is 12.0. The van der Waals surface area contributed by atoms with Crippen molar-refractivity contribution in [3.63, 3.8) is 0 Å². The Morgan fingerprint density at radius 2 is 2.31 bits per heavy atom. The Balaban J connectivity index is 2.47. The fourth-order valence-corrected chi connectivity index (χ4v) is 2.23. The van der Waals surface area contributed by atoms with Crippen LogP contribution in [-0.4, -0.2) is 47.7 Å². The van der Waals surface area contributed by atoms with Crippen LogP contribution in [-0.2, 0) is 4.79 Å². The molecule has 2 atom stereocenters. The molecule has 0 radical (unpaired) electrons. The molecule has 0 saturated carbocycles. The van der Waals surface area contributed by atoms with E-state index in [4.69, 9.17) is 5.11 Å². The molecule has 1 aliphatic heterocycles. The minimum atomic E-state index is -0.706. The molecule has 4 heteroatoms. The van der Waals surface area contributed by atoms with E-state index in [-0.39, 0.29) is 12.5 Å². The van der Waals surface area contributed by atoms with Crippen LogP contribution in [0, 0.1) is 0 Å². The van der Waals surface area contributed by atoms with Crippen molar-refractivity contribution in [2.24, 2.45) is 0 Å². The summed E-state index contributed by atoms with van der Waals surface area (Å²) in [5, 5.41) is 12.2. The van der Waals surface area contributed by atoms with Crippen LogP contribution in [0.1, 0.15) is 39.5 Å². The van der Waals surface area contributed by atoms with Crippen LogP contribution >= 0.6 is 0 Å². The molecule has 0 aromatic rings. The number of aliphatic carboxylic acids is 1. The Hall–Kier alpha value is -0.610. The summed E-state index contributed by atoms with van der Waals surface area (Å²) >= 11 is 0. The van der Waals surface area contributed by atoms with Gasteiger partial charge in [0.05, 0.1) is 6.42 Å². The van der Waals surface area contributed by atoms with Gasteiger partial charge in [-0.2, -0.15) is 0 Å². The summed E-state index contributed by atoms with van der Waals surface area (Å²) in [7, 11) is 0. The second-order valence-electron chi connectivity index (χ2n) is 4.74. The van der Waals surface area contributed by atoms with Crippen molar-refractivity contribution in [3.05, 3.63) is 0 Å². The predicted octanol–water partition coefficient (Wildman–Crippen LogP) is 1.31. The van der Waals surface area contributed by atoms with Gasteiger partial charge in [-0.1, -0.05) is 13.3 Å². The van der Waals surface area contributed by atoms with Gasteiger partial charge < -0.3 is 10.4 Å². The summed E-state index contributed by atoms with van der Waals surface area (Å²) in [6.07, 6.45) is 3.74.